The molecule has 2 rings (SSSR count). The molecule has 1 fully saturated rings. The Balaban J connectivity index is 1.57. The molecular weight excluding hydrogens is 254 g/mol. The fraction of sp³-hybridized carbons (Fsp3) is 0.625. The van der Waals surface area contributed by atoms with Gasteiger partial charge in [0.1, 0.15) is 0 Å². The van der Waals surface area contributed by atoms with E-state index < -0.39 is 0 Å². The SMILES string of the molecule is C[C@@H]1CN(CCCCSc2ccccc2)C[C@H](C)O1. The van der Waals surface area contributed by atoms with Crippen molar-refractivity contribution in [1.29, 1.82) is 0 Å². The molecule has 0 aromatic heterocycles. The van der Waals surface area contributed by atoms with Crippen LogP contribution < -0.4 is 0 Å². The van der Waals surface area contributed by atoms with Crippen LogP contribution in [0.2, 0.25) is 0 Å². The van der Waals surface area contributed by atoms with Crippen LogP contribution >= 0.6 is 11.8 Å². The number of hydrogen-bond donors (Lipinski definition) is 0. The summed E-state index contributed by atoms with van der Waals surface area (Å²) in [6.45, 7) is 7.75. The van der Waals surface area contributed by atoms with E-state index in [0.717, 1.165) is 13.1 Å². The van der Waals surface area contributed by atoms with Crippen LogP contribution in [0.3, 0.4) is 0 Å². The lowest BCUT2D eigenvalue weighted by Gasteiger charge is -2.35. The maximum Gasteiger partial charge on any atom is 0.0678 e. The molecule has 0 bridgehead atoms. The highest BCUT2D eigenvalue weighted by molar-refractivity contribution is 7.99. The second-order valence-electron chi connectivity index (χ2n) is 5.39. The van der Waals surface area contributed by atoms with Crippen molar-refractivity contribution < 1.29 is 4.74 Å². The van der Waals surface area contributed by atoms with Crippen LogP contribution in [0.5, 0.6) is 0 Å². The van der Waals surface area contributed by atoms with Crippen molar-refractivity contribution in [2.45, 2.75) is 43.8 Å². The Kier molecular flexibility index (Phi) is 6.21. The fourth-order valence-corrected chi connectivity index (χ4v) is 3.54. The highest BCUT2D eigenvalue weighted by Gasteiger charge is 2.21. The Morgan fingerprint density at radius 1 is 1.11 bits per heavy atom. The van der Waals surface area contributed by atoms with E-state index in [9.17, 15) is 0 Å². The van der Waals surface area contributed by atoms with E-state index in [1.54, 1.807) is 0 Å². The molecule has 19 heavy (non-hydrogen) atoms. The van der Waals surface area contributed by atoms with Crippen LogP contribution in [0, 0.1) is 0 Å². The summed E-state index contributed by atoms with van der Waals surface area (Å²) in [5.74, 6) is 1.22. The van der Waals surface area contributed by atoms with Crippen molar-refractivity contribution >= 4 is 11.8 Å². The molecule has 1 aromatic carbocycles. The van der Waals surface area contributed by atoms with Crippen LogP contribution in [0.15, 0.2) is 35.2 Å². The topological polar surface area (TPSA) is 12.5 Å². The molecule has 0 unspecified atom stereocenters. The highest BCUT2D eigenvalue weighted by Crippen LogP contribution is 2.19. The minimum atomic E-state index is 0.391. The van der Waals surface area contributed by atoms with Crippen LogP contribution in [-0.4, -0.2) is 42.5 Å². The van der Waals surface area contributed by atoms with E-state index in [2.05, 4.69) is 49.1 Å². The highest BCUT2D eigenvalue weighted by atomic mass is 32.2. The molecule has 3 heteroatoms. The first-order valence-electron chi connectivity index (χ1n) is 7.29. The van der Waals surface area contributed by atoms with Gasteiger partial charge < -0.3 is 4.74 Å². The molecule has 0 spiro atoms. The van der Waals surface area contributed by atoms with Crippen molar-refractivity contribution in [2.24, 2.45) is 0 Å². The number of ether oxygens (including phenoxy) is 1. The van der Waals surface area contributed by atoms with Gasteiger partial charge >= 0.3 is 0 Å². The van der Waals surface area contributed by atoms with Gasteiger partial charge in [-0.15, -0.1) is 11.8 Å². The first-order valence-corrected chi connectivity index (χ1v) is 8.28. The second kappa shape index (κ2) is 7.93. The van der Waals surface area contributed by atoms with Crippen LogP contribution in [-0.2, 0) is 4.74 Å². The Morgan fingerprint density at radius 3 is 2.47 bits per heavy atom. The smallest absolute Gasteiger partial charge is 0.0678 e. The predicted octanol–water partition coefficient (Wildman–Crippen LogP) is 3.67. The van der Waals surface area contributed by atoms with Crippen molar-refractivity contribution in [3.63, 3.8) is 0 Å². The molecule has 2 atom stereocenters. The first-order chi connectivity index (χ1) is 9.24. The number of benzene rings is 1. The lowest BCUT2D eigenvalue weighted by atomic mass is 10.2. The van der Waals surface area contributed by atoms with Crippen LogP contribution in [0.1, 0.15) is 26.7 Å². The predicted molar refractivity (Wildman–Crippen MR) is 82.8 cm³/mol. The largest absolute Gasteiger partial charge is 0.373 e. The number of unbranched alkanes of at least 4 members (excludes halogenated alkanes) is 1. The van der Waals surface area contributed by atoms with Gasteiger partial charge in [-0.05, 0) is 51.1 Å². The van der Waals surface area contributed by atoms with Gasteiger partial charge in [0.2, 0.25) is 0 Å². The van der Waals surface area contributed by atoms with Gasteiger partial charge in [-0.1, -0.05) is 18.2 Å². The number of morpholine rings is 1. The molecule has 0 amide bonds. The Morgan fingerprint density at radius 2 is 1.79 bits per heavy atom. The maximum atomic E-state index is 5.76. The molecule has 2 nitrogen and oxygen atoms in total. The van der Waals surface area contributed by atoms with Gasteiger partial charge in [-0.3, -0.25) is 4.90 Å². The zero-order valence-corrected chi connectivity index (χ0v) is 12.9. The third-order valence-corrected chi connectivity index (χ3v) is 4.47. The van der Waals surface area contributed by atoms with Crippen molar-refractivity contribution in [3.05, 3.63) is 30.3 Å². The zero-order chi connectivity index (χ0) is 13.5. The molecule has 0 aliphatic carbocycles. The monoisotopic (exact) mass is 279 g/mol. The van der Waals surface area contributed by atoms with Gasteiger partial charge in [0.25, 0.3) is 0 Å². The summed E-state index contributed by atoms with van der Waals surface area (Å²) in [5, 5.41) is 0. The molecule has 1 heterocycles. The van der Waals surface area contributed by atoms with E-state index >= 15 is 0 Å². The molecule has 106 valence electrons. The Labute approximate surface area is 121 Å². The number of nitrogens with zero attached hydrogens (tertiary/aromatic N) is 1. The zero-order valence-electron chi connectivity index (χ0n) is 12.0. The molecule has 1 aliphatic heterocycles. The standard InChI is InChI=1S/C16H25NOS/c1-14-12-17(13-15(2)18-14)10-6-7-11-19-16-8-4-3-5-9-16/h3-5,8-9,14-15H,6-7,10-13H2,1-2H3/t14-,15+. The summed E-state index contributed by atoms with van der Waals surface area (Å²) < 4.78 is 5.76. The van der Waals surface area contributed by atoms with E-state index in [-0.39, 0.29) is 0 Å². The van der Waals surface area contributed by atoms with Crippen molar-refractivity contribution in [3.8, 4) is 0 Å². The molecule has 1 aliphatic rings. The molecule has 0 radical (unpaired) electrons. The minimum absolute atomic E-state index is 0.391. The fourth-order valence-electron chi connectivity index (χ4n) is 2.61. The molecule has 1 saturated heterocycles. The summed E-state index contributed by atoms with van der Waals surface area (Å²) in [6.07, 6.45) is 3.36. The summed E-state index contributed by atoms with van der Waals surface area (Å²) in [4.78, 5) is 3.93. The van der Waals surface area contributed by atoms with Gasteiger partial charge in [0.05, 0.1) is 12.2 Å². The van der Waals surface area contributed by atoms with E-state index in [4.69, 9.17) is 4.74 Å². The molecule has 0 saturated carbocycles. The summed E-state index contributed by atoms with van der Waals surface area (Å²) in [5.41, 5.74) is 0. The summed E-state index contributed by atoms with van der Waals surface area (Å²) in [7, 11) is 0. The average Bonchev–Trinajstić information content (AvgIpc) is 2.38. The minimum Gasteiger partial charge on any atom is -0.373 e. The van der Waals surface area contributed by atoms with Gasteiger partial charge in [-0.25, -0.2) is 0 Å². The Bertz CT molecular complexity index is 347. The second-order valence-corrected chi connectivity index (χ2v) is 6.55. The van der Waals surface area contributed by atoms with E-state index in [0.29, 0.717) is 12.2 Å². The lowest BCUT2D eigenvalue weighted by molar-refractivity contribution is -0.0680. The third kappa shape index (κ3) is 5.55. The van der Waals surface area contributed by atoms with Gasteiger partial charge in [0.15, 0.2) is 0 Å². The maximum absolute atomic E-state index is 5.76. The molecule has 1 aromatic rings. The van der Waals surface area contributed by atoms with Crippen molar-refractivity contribution in [1.82, 2.24) is 4.90 Å². The Hall–Kier alpha value is -0.510. The van der Waals surface area contributed by atoms with Crippen LogP contribution in [0.4, 0.5) is 0 Å². The normalized spacial score (nSPS) is 24.5. The van der Waals surface area contributed by atoms with Crippen LogP contribution in [0.25, 0.3) is 0 Å². The average molecular weight is 279 g/mol. The first kappa shape index (κ1) is 14.9. The van der Waals surface area contributed by atoms with Crippen molar-refractivity contribution in [2.75, 3.05) is 25.4 Å². The molecule has 0 N–H and O–H groups in total. The van der Waals surface area contributed by atoms with E-state index in [1.165, 1.54) is 30.0 Å². The van der Waals surface area contributed by atoms with Gasteiger partial charge in [-0.2, -0.15) is 0 Å². The lowest BCUT2D eigenvalue weighted by Crippen LogP contribution is -2.45. The number of rotatable bonds is 6. The number of hydrogen-bond acceptors (Lipinski definition) is 3. The third-order valence-electron chi connectivity index (χ3n) is 3.38. The molecular formula is C16H25NOS. The summed E-state index contributed by atoms with van der Waals surface area (Å²) >= 11 is 1.96. The number of thioether (sulfide) groups is 1. The van der Waals surface area contributed by atoms with E-state index in [1.807, 2.05) is 11.8 Å². The van der Waals surface area contributed by atoms with Gasteiger partial charge in [0, 0.05) is 18.0 Å². The quantitative estimate of drug-likeness (QED) is 0.582. The summed E-state index contributed by atoms with van der Waals surface area (Å²) in [6, 6.07) is 10.7.